The Morgan fingerprint density at radius 2 is 1.65 bits per heavy atom. The number of ketones is 1. The zero-order chi connectivity index (χ0) is 22.9. The normalized spacial score (nSPS) is 15.5. The molecule has 0 aliphatic heterocycles. The largest absolute Gasteiger partial charge is 0.507 e. The van der Waals surface area contributed by atoms with Crippen molar-refractivity contribution in [1.29, 1.82) is 0 Å². The average Bonchev–Trinajstić information content (AvgIpc) is 2.65. The molecule has 0 saturated heterocycles. The lowest BCUT2D eigenvalue weighted by Gasteiger charge is -2.25. The first kappa shape index (κ1) is 22.7. The van der Waals surface area contributed by atoms with E-state index in [9.17, 15) is 20.1 Å². The number of allylic oxidation sites excluding steroid dienone is 5. The molecule has 1 atom stereocenters. The number of aliphatic hydroxyl groups excluding tert-OH is 1. The first-order chi connectivity index (χ1) is 14.6. The first-order valence-corrected chi connectivity index (χ1v) is 10.8. The summed E-state index contributed by atoms with van der Waals surface area (Å²) in [4.78, 5) is 12.8. The van der Waals surface area contributed by atoms with Gasteiger partial charge < -0.3 is 15.3 Å². The van der Waals surface area contributed by atoms with Gasteiger partial charge in [0.2, 0.25) is 0 Å². The zero-order valence-electron chi connectivity index (χ0n) is 19.0. The molecule has 31 heavy (non-hydrogen) atoms. The van der Waals surface area contributed by atoms with Gasteiger partial charge in [0.25, 0.3) is 0 Å². The molecule has 0 heterocycles. The number of aromatic hydroxyl groups is 2. The molecule has 0 bridgehead atoms. The van der Waals surface area contributed by atoms with Crippen molar-refractivity contribution in [1.82, 2.24) is 0 Å². The van der Waals surface area contributed by atoms with Crippen molar-refractivity contribution < 1.29 is 20.1 Å². The summed E-state index contributed by atoms with van der Waals surface area (Å²) in [6.45, 7) is 10.1. The van der Waals surface area contributed by atoms with E-state index in [0.717, 1.165) is 35.8 Å². The lowest BCUT2D eigenvalue weighted by molar-refractivity contribution is -0.116. The predicted octanol–water partition coefficient (Wildman–Crippen LogP) is 6.77. The number of hydrogen-bond donors (Lipinski definition) is 3. The summed E-state index contributed by atoms with van der Waals surface area (Å²) < 4.78 is 0. The molecule has 1 aliphatic carbocycles. The summed E-state index contributed by atoms with van der Waals surface area (Å²) in [6.07, 6.45) is 8.37. The topological polar surface area (TPSA) is 77.8 Å². The van der Waals surface area contributed by atoms with Gasteiger partial charge in [-0.1, -0.05) is 23.3 Å². The van der Waals surface area contributed by atoms with E-state index in [2.05, 4.69) is 26.0 Å². The highest BCUT2D eigenvalue weighted by atomic mass is 16.3. The van der Waals surface area contributed by atoms with Gasteiger partial charge in [0.05, 0.1) is 10.9 Å². The highest BCUT2D eigenvalue weighted by Gasteiger charge is 2.32. The monoisotopic (exact) mass is 420 g/mol. The van der Waals surface area contributed by atoms with E-state index < -0.39 is 5.92 Å². The molecule has 0 aromatic heterocycles. The molecule has 3 N–H and O–H groups in total. The van der Waals surface area contributed by atoms with E-state index in [1.54, 1.807) is 6.07 Å². The van der Waals surface area contributed by atoms with Crippen LogP contribution in [-0.2, 0) is 11.2 Å². The van der Waals surface area contributed by atoms with Crippen molar-refractivity contribution in [2.75, 3.05) is 0 Å². The molecular weight excluding hydrogens is 388 g/mol. The third-order valence-corrected chi connectivity index (χ3v) is 5.95. The maximum atomic E-state index is 12.8. The van der Waals surface area contributed by atoms with Crippen LogP contribution in [0.5, 0.6) is 11.5 Å². The summed E-state index contributed by atoms with van der Waals surface area (Å²) >= 11 is 0. The van der Waals surface area contributed by atoms with Crippen LogP contribution < -0.4 is 0 Å². The Bertz CT molecular complexity index is 1120. The smallest absolute Gasteiger partial charge is 0.166 e. The number of hydrogen-bond acceptors (Lipinski definition) is 4. The minimum Gasteiger partial charge on any atom is -0.507 e. The summed E-state index contributed by atoms with van der Waals surface area (Å²) in [7, 11) is 0. The number of carbonyl (C=O) groups is 1. The van der Waals surface area contributed by atoms with Crippen LogP contribution in [0.3, 0.4) is 0 Å². The van der Waals surface area contributed by atoms with Gasteiger partial charge in [-0.3, -0.25) is 4.79 Å². The highest BCUT2D eigenvalue weighted by molar-refractivity contribution is 6.08. The van der Waals surface area contributed by atoms with E-state index in [1.807, 2.05) is 26.8 Å². The Morgan fingerprint density at radius 3 is 2.29 bits per heavy atom. The van der Waals surface area contributed by atoms with Gasteiger partial charge in [-0.2, -0.15) is 0 Å². The number of rotatable bonds is 6. The molecule has 1 aliphatic rings. The predicted molar refractivity (Wildman–Crippen MR) is 127 cm³/mol. The molecule has 0 fully saturated rings. The Morgan fingerprint density at radius 1 is 1.00 bits per heavy atom. The van der Waals surface area contributed by atoms with Crippen LogP contribution in [0.25, 0.3) is 16.5 Å². The number of phenols is 2. The van der Waals surface area contributed by atoms with Crippen molar-refractivity contribution in [3.63, 3.8) is 0 Å². The maximum absolute atomic E-state index is 12.8. The van der Waals surface area contributed by atoms with Crippen molar-refractivity contribution in [2.24, 2.45) is 0 Å². The SMILES string of the molecule is CC(C)=CCCc1c(C)cc(O)c2c(O)c3c(cc12)[C@H](CCC=C(C)C)C(=O)C=C3O. The van der Waals surface area contributed by atoms with Crippen LogP contribution in [0.1, 0.15) is 75.1 Å². The number of fused-ring (bicyclic) bond motifs is 2. The number of phenolic OH excluding ortho intramolecular Hbond substituents is 2. The van der Waals surface area contributed by atoms with Crippen LogP contribution in [0.15, 0.2) is 41.5 Å². The Hall–Kier alpha value is -3.01. The van der Waals surface area contributed by atoms with E-state index in [1.165, 1.54) is 17.2 Å². The van der Waals surface area contributed by atoms with Crippen LogP contribution in [0.4, 0.5) is 0 Å². The second-order valence-corrected chi connectivity index (χ2v) is 8.97. The summed E-state index contributed by atoms with van der Waals surface area (Å²) in [5.41, 5.74) is 5.28. The standard InChI is InChI=1S/C27H32O4/c1-15(2)8-6-10-18-17(5)12-23(29)25-20(18)13-21-19(11-7-9-16(3)4)22(28)14-24(30)26(21)27(25)31/h8-9,12-14,19,29-31H,6-7,10-11H2,1-5H3/t19-/m0/s1. The van der Waals surface area contributed by atoms with E-state index in [4.69, 9.17) is 0 Å². The van der Waals surface area contributed by atoms with Gasteiger partial charge in [0.15, 0.2) is 5.78 Å². The fraction of sp³-hybridized carbons (Fsp3) is 0.370. The molecule has 0 spiro atoms. The number of carbonyl (C=O) groups excluding carboxylic acids is 1. The number of aryl methyl sites for hydroxylation is 2. The molecule has 164 valence electrons. The molecular formula is C27H32O4. The lowest BCUT2D eigenvalue weighted by atomic mass is 9.79. The maximum Gasteiger partial charge on any atom is 0.166 e. The third kappa shape index (κ3) is 4.53. The van der Waals surface area contributed by atoms with Gasteiger partial charge in [-0.25, -0.2) is 0 Å². The quantitative estimate of drug-likeness (QED) is 0.451. The summed E-state index contributed by atoms with van der Waals surface area (Å²) in [5, 5.41) is 33.3. The summed E-state index contributed by atoms with van der Waals surface area (Å²) in [5.74, 6) is -1.03. The molecule has 2 aromatic rings. The van der Waals surface area contributed by atoms with E-state index >= 15 is 0 Å². The minimum absolute atomic E-state index is 0.0236. The molecule has 3 rings (SSSR count). The van der Waals surface area contributed by atoms with Crippen molar-refractivity contribution in [3.8, 4) is 11.5 Å². The second-order valence-electron chi connectivity index (χ2n) is 8.97. The van der Waals surface area contributed by atoms with E-state index in [-0.39, 0.29) is 28.6 Å². The number of benzene rings is 2. The fourth-order valence-corrected chi connectivity index (χ4v) is 4.44. The molecule has 0 amide bonds. The molecule has 0 unspecified atom stereocenters. The molecule has 4 heteroatoms. The molecule has 2 aromatic carbocycles. The van der Waals surface area contributed by atoms with Crippen LogP contribution in [-0.4, -0.2) is 21.1 Å². The van der Waals surface area contributed by atoms with Crippen LogP contribution >= 0.6 is 0 Å². The van der Waals surface area contributed by atoms with Gasteiger partial charge in [-0.15, -0.1) is 0 Å². The summed E-state index contributed by atoms with van der Waals surface area (Å²) in [6, 6.07) is 3.55. The van der Waals surface area contributed by atoms with Crippen LogP contribution in [0, 0.1) is 6.92 Å². The van der Waals surface area contributed by atoms with Crippen LogP contribution in [0.2, 0.25) is 0 Å². The van der Waals surface area contributed by atoms with Crippen molar-refractivity contribution >= 4 is 22.3 Å². The number of aliphatic hydroxyl groups is 1. The van der Waals surface area contributed by atoms with Crippen molar-refractivity contribution in [3.05, 3.63) is 63.8 Å². The van der Waals surface area contributed by atoms with Gasteiger partial charge in [0.1, 0.15) is 17.3 Å². The van der Waals surface area contributed by atoms with E-state index in [0.29, 0.717) is 17.4 Å². The highest BCUT2D eigenvalue weighted by Crippen LogP contribution is 2.47. The average molecular weight is 421 g/mol. The van der Waals surface area contributed by atoms with Gasteiger partial charge in [0, 0.05) is 12.0 Å². The van der Waals surface area contributed by atoms with Gasteiger partial charge >= 0.3 is 0 Å². The lowest BCUT2D eigenvalue weighted by Crippen LogP contribution is -2.17. The molecule has 0 radical (unpaired) electrons. The Balaban J connectivity index is 2.23. The minimum atomic E-state index is -0.440. The zero-order valence-corrected chi connectivity index (χ0v) is 19.0. The Kier molecular flexibility index (Phi) is 6.59. The molecule has 0 saturated carbocycles. The fourth-order valence-electron chi connectivity index (χ4n) is 4.44. The third-order valence-electron chi connectivity index (χ3n) is 5.95. The Labute approximate surface area is 184 Å². The van der Waals surface area contributed by atoms with Crippen molar-refractivity contribution in [2.45, 2.75) is 66.2 Å². The first-order valence-electron chi connectivity index (χ1n) is 10.8. The van der Waals surface area contributed by atoms with Gasteiger partial charge in [-0.05, 0) is 94.5 Å². The second kappa shape index (κ2) is 9.01. The molecule has 4 nitrogen and oxygen atoms in total.